The molecule has 0 radical (unpaired) electrons. The van der Waals surface area contributed by atoms with E-state index in [1.54, 1.807) is 13.8 Å². The van der Waals surface area contributed by atoms with Crippen LogP contribution in [0.25, 0.3) is 0 Å². The number of nitrogens with one attached hydrogen (secondary N) is 2. The van der Waals surface area contributed by atoms with E-state index in [1.807, 2.05) is 13.8 Å². The van der Waals surface area contributed by atoms with E-state index in [0.717, 1.165) is 12.1 Å². The summed E-state index contributed by atoms with van der Waals surface area (Å²) in [4.78, 5) is -0.660. The topological polar surface area (TPSA) is 58.2 Å². The van der Waals surface area contributed by atoms with Gasteiger partial charge in [-0.1, -0.05) is 13.8 Å². The molecule has 0 saturated carbocycles. The zero-order valence-electron chi connectivity index (χ0n) is 12.0. The maximum absolute atomic E-state index is 13.7. The lowest BCUT2D eigenvalue weighted by atomic mass is 10.2. The fraction of sp³-hybridized carbons (Fsp3) is 0.538. The lowest BCUT2D eigenvalue weighted by Gasteiger charge is -2.13. The summed E-state index contributed by atoms with van der Waals surface area (Å²) in [5, 5.41) is 3.02. The fourth-order valence-electron chi connectivity index (χ4n) is 1.61. The van der Waals surface area contributed by atoms with Crippen LogP contribution in [-0.2, 0) is 16.6 Å². The summed E-state index contributed by atoms with van der Waals surface area (Å²) in [6, 6.07) is 1.90. The van der Waals surface area contributed by atoms with Crippen LogP contribution in [0.3, 0.4) is 0 Å². The van der Waals surface area contributed by atoms with Gasteiger partial charge in [0.05, 0.1) is 0 Å². The van der Waals surface area contributed by atoms with Crippen molar-refractivity contribution in [3.8, 4) is 0 Å². The van der Waals surface area contributed by atoms with Crippen molar-refractivity contribution in [1.29, 1.82) is 0 Å². The Kier molecular flexibility index (Phi) is 5.61. The lowest BCUT2D eigenvalue weighted by Crippen LogP contribution is -2.31. The molecule has 0 aliphatic heterocycles. The number of halogens is 2. The molecule has 1 rings (SSSR count). The van der Waals surface area contributed by atoms with E-state index in [9.17, 15) is 17.2 Å². The zero-order chi connectivity index (χ0) is 15.5. The minimum atomic E-state index is -4.07. The predicted octanol–water partition coefficient (Wildman–Crippen LogP) is 2.15. The summed E-state index contributed by atoms with van der Waals surface area (Å²) in [6.07, 6.45) is 0. The Bertz CT molecular complexity index is 572. The summed E-state index contributed by atoms with van der Waals surface area (Å²) in [5.74, 6) is -2.52. The first kappa shape index (κ1) is 17.0. The predicted molar refractivity (Wildman–Crippen MR) is 73.8 cm³/mol. The Labute approximate surface area is 118 Å². The summed E-state index contributed by atoms with van der Waals surface area (Å²) in [5.41, 5.74) is 0.377. The quantitative estimate of drug-likeness (QED) is 0.846. The van der Waals surface area contributed by atoms with Crippen LogP contribution in [0.1, 0.15) is 33.3 Å². The van der Waals surface area contributed by atoms with Crippen molar-refractivity contribution < 1.29 is 17.2 Å². The molecule has 0 spiro atoms. The van der Waals surface area contributed by atoms with Gasteiger partial charge in [-0.05, 0) is 31.5 Å². The third-order valence-corrected chi connectivity index (χ3v) is 4.11. The molecule has 0 saturated heterocycles. The first-order chi connectivity index (χ1) is 9.13. The third-order valence-electron chi connectivity index (χ3n) is 2.45. The highest BCUT2D eigenvalue weighted by molar-refractivity contribution is 7.89. The highest BCUT2D eigenvalue weighted by Gasteiger charge is 2.23. The van der Waals surface area contributed by atoms with Gasteiger partial charge in [0.15, 0.2) is 11.6 Å². The zero-order valence-corrected chi connectivity index (χ0v) is 12.8. The molecular formula is C13H20F2N2O2S. The van der Waals surface area contributed by atoms with E-state index in [0.29, 0.717) is 5.56 Å². The first-order valence-corrected chi connectivity index (χ1v) is 7.85. The average Bonchev–Trinajstić information content (AvgIpc) is 2.28. The highest BCUT2D eigenvalue weighted by atomic mass is 32.2. The van der Waals surface area contributed by atoms with Crippen LogP contribution in [0.2, 0.25) is 0 Å². The van der Waals surface area contributed by atoms with Crippen LogP contribution in [0.4, 0.5) is 8.78 Å². The second-order valence-corrected chi connectivity index (χ2v) is 6.88. The van der Waals surface area contributed by atoms with Gasteiger partial charge in [-0.15, -0.1) is 0 Å². The Hall–Kier alpha value is -1.05. The normalized spacial score (nSPS) is 12.4. The monoisotopic (exact) mass is 306 g/mol. The van der Waals surface area contributed by atoms with Crippen molar-refractivity contribution in [3.05, 3.63) is 29.3 Å². The molecule has 2 N–H and O–H groups in total. The molecule has 0 atom stereocenters. The van der Waals surface area contributed by atoms with E-state index in [4.69, 9.17) is 0 Å². The smallest absolute Gasteiger partial charge is 0.243 e. The Morgan fingerprint density at radius 2 is 1.70 bits per heavy atom. The maximum atomic E-state index is 13.7. The van der Waals surface area contributed by atoms with Crippen LogP contribution in [0.15, 0.2) is 17.0 Å². The molecule has 7 heteroatoms. The molecule has 0 unspecified atom stereocenters. The lowest BCUT2D eigenvalue weighted by molar-refractivity contribution is 0.478. The van der Waals surface area contributed by atoms with E-state index in [1.165, 1.54) is 0 Å². The van der Waals surface area contributed by atoms with Gasteiger partial charge in [0.25, 0.3) is 0 Å². The van der Waals surface area contributed by atoms with Gasteiger partial charge < -0.3 is 5.32 Å². The fourth-order valence-corrected chi connectivity index (χ4v) is 3.00. The van der Waals surface area contributed by atoms with Crippen LogP contribution < -0.4 is 10.0 Å². The Morgan fingerprint density at radius 1 is 1.10 bits per heavy atom. The molecule has 0 fully saturated rings. The second kappa shape index (κ2) is 6.60. The number of sulfonamides is 1. The van der Waals surface area contributed by atoms with Gasteiger partial charge in [-0.3, -0.25) is 0 Å². The van der Waals surface area contributed by atoms with E-state index in [-0.39, 0.29) is 12.6 Å². The van der Waals surface area contributed by atoms with Crippen LogP contribution in [-0.4, -0.2) is 20.5 Å². The molecule has 0 aromatic heterocycles. The average molecular weight is 306 g/mol. The molecule has 0 aliphatic rings. The summed E-state index contributed by atoms with van der Waals surface area (Å²) in [7, 11) is -4.07. The van der Waals surface area contributed by atoms with Crippen molar-refractivity contribution in [2.45, 2.75) is 51.2 Å². The largest absolute Gasteiger partial charge is 0.310 e. The molecule has 0 heterocycles. The van der Waals surface area contributed by atoms with Crippen molar-refractivity contribution in [3.63, 3.8) is 0 Å². The molecule has 1 aromatic rings. The van der Waals surface area contributed by atoms with Crippen LogP contribution in [0.5, 0.6) is 0 Å². The van der Waals surface area contributed by atoms with Crippen molar-refractivity contribution in [2.75, 3.05) is 0 Å². The minimum absolute atomic E-state index is 0.150. The Morgan fingerprint density at radius 3 is 2.20 bits per heavy atom. The van der Waals surface area contributed by atoms with Gasteiger partial charge in [-0.25, -0.2) is 21.9 Å². The number of hydrogen-bond acceptors (Lipinski definition) is 3. The van der Waals surface area contributed by atoms with Gasteiger partial charge in [0.1, 0.15) is 4.90 Å². The molecule has 0 amide bonds. The molecule has 1 aromatic carbocycles. The standard InChI is InChI=1S/C13H20F2N2O2S/c1-8(2)16-7-10-5-11(14)13(15)12(6-10)20(18,19)17-9(3)4/h5-6,8-9,16-17H,7H2,1-4H3. The van der Waals surface area contributed by atoms with E-state index in [2.05, 4.69) is 10.0 Å². The SMILES string of the molecule is CC(C)NCc1cc(F)c(F)c(S(=O)(=O)NC(C)C)c1. The highest BCUT2D eigenvalue weighted by Crippen LogP contribution is 2.20. The minimum Gasteiger partial charge on any atom is -0.310 e. The number of rotatable bonds is 6. The van der Waals surface area contributed by atoms with Crippen molar-refractivity contribution in [1.82, 2.24) is 10.0 Å². The van der Waals surface area contributed by atoms with Crippen molar-refractivity contribution >= 4 is 10.0 Å². The second-order valence-electron chi connectivity index (χ2n) is 5.20. The molecular weight excluding hydrogens is 286 g/mol. The summed E-state index contributed by atoms with van der Waals surface area (Å²) >= 11 is 0. The maximum Gasteiger partial charge on any atom is 0.243 e. The molecule has 20 heavy (non-hydrogen) atoms. The number of benzene rings is 1. The first-order valence-electron chi connectivity index (χ1n) is 6.37. The van der Waals surface area contributed by atoms with Gasteiger partial charge in [0, 0.05) is 18.6 Å². The van der Waals surface area contributed by atoms with Crippen LogP contribution >= 0.6 is 0 Å². The Balaban J connectivity index is 3.19. The van der Waals surface area contributed by atoms with Gasteiger partial charge >= 0.3 is 0 Å². The molecule has 114 valence electrons. The summed E-state index contributed by atoms with van der Waals surface area (Å²) < 4.78 is 53.4. The number of hydrogen-bond donors (Lipinski definition) is 2. The molecule has 0 aliphatic carbocycles. The molecule has 4 nitrogen and oxygen atoms in total. The third kappa shape index (κ3) is 4.50. The van der Waals surface area contributed by atoms with E-state index >= 15 is 0 Å². The van der Waals surface area contributed by atoms with E-state index < -0.39 is 32.6 Å². The molecule has 0 bridgehead atoms. The van der Waals surface area contributed by atoms with Gasteiger partial charge in [0.2, 0.25) is 10.0 Å². The summed E-state index contributed by atoms with van der Waals surface area (Å²) in [6.45, 7) is 7.28. The van der Waals surface area contributed by atoms with Crippen molar-refractivity contribution in [2.24, 2.45) is 0 Å². The van der Waals surface area contributed by atoms with Crippen LogP contribution in [0, 0.1) is 11.6 Å². The van der Waals surface area contributed by atoms with Gasteiger partial charge in [-0.2, -0.15) is 0 Å².